The molecule has 0 saturated carbocycles. The van der Waals surface area contributed by atoms with E-state index in [1.807, 2.05) is 11.6 Å². The van der Waals surface area contributed by atoms with Crippen molar-refractivity contribution >= 4 is 5.91 Å². The zero-order valence-corrected chi connectivity index (χ0v) is 13.2. The minimum absolute atomic E-state index is 0.00269. The molecule has 5 heteroatoms. The minimum Gasteiger partial charge on any atom is -0.349 e. The molecular formula is C15H26N4O. The highest BCUT2D eigenvalue weighted by Gasteiger charge is 2.24. The molecule has 2 atom stereocenters. The molecule has 1 fully saturated rings. The van der Waals surface area contributed by atoms with Gasteiger partial charge in [0.25, 0.3) is 5.91 Å². The molecule has 1 aromatic heterocycles. The van der Waals surface area contributed by atoms with Crippen LogP contribution in [0.3, 0.4) is 0 Å². The van der Waals surface area contributed by atoms with Crippen molar-refractivity contribution in [3.05, 3.63) is 17.5 Å². The normalized spacial score (nSPS) is 23.6. The van der Waals surface area contributed by atoms with Gasteiger partial charge >= 0.3 is 0 Å². The lowest BCUT2D eigenvalue weighted by molar-refractivity contribution is 0.0925. The van der Waals surface area contributed by atoms with E-state index >= 15 is 0 Å². The van der Waals surface area contributed by atoms with Crippen molar-refractivity contribution < 1.29 is 4.79 Å². The van der Waals surface area contributed by atoms with E-state index in [2.05, 4.69) is 43.4 Å². The largest absolute Gasteiger partial charge is 0.349 e. The summed E-state index contributed by atoms with van der Waals surface area (Å²) in [5.74, 6) is -0.00269. The van der Waals surface area contributed by atoms with Gasteiger partial charge in [-0.05, 0) is 54.0 Å². The summed E-state index contributed by atoms with van der Waals surface area (Å²) >= 11 is 0. The van der Waals surface area contributed by atoms with Gasteiger partial charge in [0.1, 0.15) is 0 Å². The van der Waals surface area contributed by atoms with Gasteiger partial charge in [0, 0.05) is 17.8 Å². The summed E-state index contributed by atoms with van der Waals surface area (Å²) in [4.78, 5) is 12.4. The van der Waals surface area contributed by atoms with Crippen LogP contribution >= 0.6 is 0 Å². The van der Waals surface area contributed by atoms with Crippen molar-refractivity contribution in [2.24, 2.45) is 0 Å². The molecule has 0 spiro atoms. The average molecular weight is 278 g/mol. The predicted octanol–water partition coefficient (Wildman–Crippen LogP) is 1.82. The number of carbonyl (C=O) groups is 1. The van der Waals surface area contributed by atoms with Gasteiger partial charge in [-0.25, -0.2) is 0 Å². The first-order valence-electron chi connectivity index (χ1n) is 7.38. The standard InChI is InChI=1S/C15H26N4O/c1-10-8-12(6-7-16-10)18-14(20)13-9-17-19(11(13)2)15(3,4)5/h9-10,12,16H,6-8H2,1-5H3,(H,18,20). The smallest absolute Gasteiger partial charge is 0.254 e. The second-order valence-corrected chi connectivity index (χ2v) is 6.78. The number of rotatable bonds is 2. The molecular weight excluding hydrogens is 252 g/mol. The summed E-state index contributed by atoms with van der Waals surface area (Å²) in [7, 11) is 0. The van der Waals surface area contributed by atoms with Crippen LogP contribution in [0.4, 0.5) is 0 Å². The summed E-state index contributed by atoms with van der Waals surface area (Å²) in [6.45, 7) is 11.3. The monoisotopic (exact) mass is 278 g/mol. The van der Waals surface area contributed by atoms with Crippen LogP contribution in [0, 0.1) is 6.92 Å². The maximum atomic E-state index is 12.4. The highest BCUT2D eigenvalue weighted by Crippen LogP contribution is 2.18. The van der Waals surface area contributed by atoms with Gasteiger partial charge in [-0.15, -0.1) is 0 Å². The van der Waals surface area contributed by atoms with Gasteiger partial charge in [-0.2, -0.15) is 5.10 Å². The van der Waals surface area contributed by atoms with E-state index in [1.165, 1.54) is 0 Å². The molecule has 0 aliphatic carbocycles. The first-order valence-corrected chi connectivity index (χ1v) is 7.38. The van der Waals surface area contributed by atoms with E-state index in [0.29, 0.717) is 11.6 Å². The first-order chi connectivity index (χ1) is 9.29. The second kappa shape index (κ2) is 5.56. The number of piperidine rings is 1. The molecule has 1 saturated heterocycles. The minimum atomic E-state index is -0.105. The Bertz CT molecular complexity index is 487. The maximum Gasteiger partial charge on any atom is 0.254 e. The third-order valence-electron chi connectivity index (χ3n) is 3.85. The van der Waals surface area contributed by atoms with E-state index < -0.39 is 0 Å². The SMILES string of the molecule is Cc1c(C(=O)NC2CCNC(C)C2)cnn1C(C)(C)C. The number of aromatic nitrogens is 2. The number of hydrogen-bond acceptors (Lipinski definition) is 3. The molecule has 2 heterocycles. The molecule has 1 aromatic rings. The lowest BCUT2D eigenvalue weighted by atomic mass is 10.0. The molecule has 5 nitrogen and oxygen atoms in total. The maximum absolute atomic E-state index is 12.4. The molecule has 2 rings (SSSR count). The second-order valence-electron chi connectivity index (χ2n) is 6.78. The lowest BCUT2D eigenvalue weighted by Crippen LogP contribution is -2.46. The molecule has 1 amide bonds. The number of nitrogens with zero attached hydrogens (tertiary/aromatic N) is 2. The first kappa shape index (κ1) is 15.0. The van der Waals surface area contributed by atoms with Gasteiger partial charge in [0.05, 0.1) is 17.3 Å². The Morgan fingerprint density at radius 1 is 1.50 bits per heavy atom. The van der Waals surface area contributed by atoms with E-state index in [0.717, 1.165) is 25.1 Å². The molecule has 0 bridgehead atoms. The molecule has 112 valence electrons. The summed E-state index contributed by atoms with van der Waals surface area (Å²) < 4.78 is 1.91. The van der Waals surface area contributed by atoms with Gasteiger partial charge < -0.3 is 10.6 Å². The Balaban J connectivity index is 2.08. The van der Waals surface area contributed by atoms with Crippen molar-refractivity contribution in [3.63, 3.8) is 0 Å². The number of amides is 1. The van der Waals surface area contributed by atoms with Gasteiger partial charge in [-0.3, -0.25) is 9.48 Å². The molecule has 2 unspecified atom stereocenters. The van der Waals surface area contributed by atoms with Crippen LogP contribution in [0.2, 0.25) is 0 Å². The molecule has 2 N–H and O–H groups in total. The zero-order valence-electron chi connectivity index (χ0n) is 13.2. The molecule has 1 aliphatic heterocycles. The summed E-state index contributed by atoms with van der Waals surface area (Å²) in [6.07, 6.45) is 3.65. The van der Waals surface area contributed by atoms with Crippen LogP contribution in [-0.4, -0.2) is 34.3 Å². The Hall–Kier alpha value is -1.36. The van der Waals surface area contributed by atoms with Crippen LogP contribution in [-0.2, 0) is 5.54 Å². The summed E-state index contributed by atoms with van der Waals surface area (Å²) in [5.41, 5.74) is 1.51. The van der Waals surface area contributed by atoms with E-state index in [9.17, 15) is 4.79 Å². The summed E-state index contributed by atoms with van der Waals surface area (Å²) in [5, 5.41) is 10.9. The Morgan fingerprint density at radius 2 is 2.20 bits per heavy atom. The van der Waals surface area contributed by atoms with Gasteiger partial charge in [0.15, 0.2) is 0 Å². The van der Waals surface area contributed by atoms with Crippen molar-refractivity contribution in [1.82, 2.24) is 20.4 Å². The fourth-order valence-electron chi connectivity index (χ4n) is 2.84. The van der Waals surface area contributed by atoms with Crippen LogP contribution in [0.15, 0.2) is 6.20 Å². The number of nitrogens with one attached hydrogen (secondary N) is 2. The number of carbonyl (C=O) groups excluding carboxylic acids is 1. The highest BCUT2D eigenvalue weighted by molar-refractivity contribution is 5.95. The summed E-state index contributed by atoms with van der Waals surface area (Å²) in [6, 6.07) is 0.726. The van der Waals surface area contributed by atoms with Gasteiger partial charge in [0.2, 0.25) is 0 Å². The molecule has 0 radical (unpaired) electrons. The van der Waals surface area contributed by atoms with Crippen LogP contribution in [0.25, 0.3) is 0 Å². The van der Waals surface area contributed by atoms with Crippen molar-refractivity contribution in [3.8, 4) is 0 Å². The Kier molecular flexibility index (Phi) is 4.18. The fourth-order valence-corrected chi connectivity index (χ4v) is 2.84. The molecule has 20 heavy (non-hydrogen) atoms. The van der Waals surface area contributed by atoms with Gasteiger partial charge in [-0.1, -0.05) is 0 Å². The molecule has 1 aliphatic rings. The van der Waals surface area contributed by atoms with E-state index in [-0.39, 0.29) is 17.5 Å². The van der Waals surface area contributed by atoms with Crippen LogP contribution in [0.1, 0.15) is 56.6 Å². The molecule has 0 aromatic carbocycles. The van der Waals surface area contributed by atoms with E-state index in [4.69, 9.17) is 0 Å². The quantitative estimate of drug-likeness (QED) is 0.867. The fraction of sp³-hybridized carbons (Fsp3) is 0.733. The van der Waals surface area contributed by atoms with Crippen molar-refractivity contribution in [2.45, 2.75) is 65.1 Å². The third kappa shape index (κ3) is 3.20. The van der Waals surface area contributed by atoms with Crippen LogP contribution < -0.4 is 10.6 Å². The predicted molar refractivity (Wildman–Crippen MR) is 79.9 cm³/mol. The van der Waals surface area contributed by atoms with Crippen molar-refractivity contribution in [1.29, 1.82) is 0 Å². The van der Waals surface area contributed by atoms with E-state index in [1.54, 1.807) is 6.20 Å². The number of hydrogen-bond donors (Lipinski definition) is 2. The highest BCUT2D eigenvalue weighted by atomic mass is 16.1. The van der Waals surface area contributed by atoms with Crippen LogP contribution in [0.5, 0.6) is 0 Å². The van der Waals surface area contributed by atoms with Crippen molar-refractivity contribution in [2.75, 3.05) is 6.54 Å². The lowest BCUT2D eigenvalue weighted by Gasteiger charge is -2.28. The topological polar surface area (TPSA) is 59.0 Å². The third-order valence-corrected chi connectivity index (χ3v) is 3.85. The Morgan fingerprint density at radius 3 is 2.75 bits per heavy atom. The zero-order chi connectivity index (χ0) is 14.9. The average Bonchev–Trinajstić information content (AvgIpc) is 2.70. The Labute approximate surface area is 121 Å².